The number of nitro benzene ring substituents is 1. The molecule has 0 radical (unpaired) electrons. The Morgan fingerprint density at radius 2 is 1.93 bits per heavy atom. The molecule has 1 aliphatic heterocycles. The van der Waals surface area contributed by atoms with E-state index < -0.39 is 40.0 Å². The van der Waals surface area contributed by atoms with Crippen molar-refractivity contribution in [1.82, 2.24) is 4.90 Å². The molecule has 29 heavy (non-hydrogen) atoms. The second-order valence-corrected chi connectivity index (χ2v) is 7.03. The quantitative estimate of drug-likeness (QED) is 0.320. The molecule has 2 aromatic rings. The smallest absolute Gasteiger partial charge is 0.281 e. The topological polar surface area (TPSA) is 107 Å². The predicted octanol–water partition coefficient (Wildman–Crippen LogP) is 3.23. The third kappa shape index (κ3) is 3.71. The molecular weight excluding hydrogens is 400 g/mol. The number of piperidine rings is 1. The van der Waals surface area contributed by atoms with Crippen LogP contribution < -0.4 is 4.74 Å². The highest BCUT2D eigenvalue weighted by atomic mass is 35.5. The van der Waals surface area contributed by atoms with E-state index in [1.807, 2.05) is 0 Å². The van der Waals surface area contributed by atoms with E-state index in [2.05, 4.69) is 0 Å². The Labute approximate surface area is 171 Å². The Balaban J connectivity index is 1.97. The van der Waals surface area contributed by atoms with Crippen LogP contribution in [0.4, 0.5) is 5.69 Å². The van der Waals surface area contributed by atoms with Crippen LogP contribution in [-0.2, 0) is 9.59 Å². The lowest BCUT2D eigenvalue weighted by molar-refractivity contribution is -0.385. The molecule has 1 amide bonds. The zero-order valence-electron chi connectivity index (χ0n) is 15.6. The molecule has 0 bridgehead atoms. The number of para-hydroxylation sites is 1. The number of nitro groups is 1. The van der Waals surface area contributed by atoms with E-state index in [-0.39, 0.29) is 17.0 Å². The Kier molecular flexibility index (Phi) is 5.65. The lowest BCUT2D eigenvalue weighted by Gasteiger charge is -2.36. The molecule has 8 nitrogen and oxygen atoms in total. The summed E-state index contributed by atoms with van der Waals surface area (Å²) in [5.74, 6) is -3.34. The number of amides is 1. The van der Waals surface area contributed by atoms with Crippen molar-refractivity contribution in [3.63, 3.8) is 0 Å². The number of carbonyl (C=O) groups is 3. The van der Waals surface area contributed by atoms with Gasteiger partial charge in [0.15, 0.2) is 17.5 Å². The normalized spacial score (nSPS) is 19.2. The van der Waals surface area contributed by atoms with Crippen molar-refractivity contribution in [3.05, 3.63) is 68.7 Å². The summed E-state index contributed by atoms with van der Waals surface area (Å²) in [6.45, 7) is 0. The summed E-state index contributed by atoms with van der Waals surface area (Å²) in [4.78, 5) is 50.5. The Morgan fingerprint density at radius 1 is 1.24 bits per heavy atom. The lowest BCUT2D eigenvalue weighted by Crippen LogP contribution is -2.49. The Morgan fingerprint density at radius 3 is 2.59 bits per heavy atom. The monoisotopic (exact) mass is 416 g/mol. The number of nitrogens with zero attached hydrogens (tertiary/aromatic N) is 2. The largest absolute Gasteiger partial charge is 0.496 e. The van der Waals surface area contributed by atoms with Crippen molar-refractivity contribution in [3.8, 4) is 5.75 Å². The molecule has 0 spiro atoms. The minimum Gasteiger partial charge on any atom is -0.496 e. The minimum atomic E-state index is -1.63. The number of likely N-dealkylation sites (tertiary alicyclic amines) is 1. The van der Waals surface area contributed by atoms with Crippen molar-refractivity contribution >= 4 is 34.8 Å². The minimum absolute atomic E-state index is 0.0721. The van der Waals surface area contributed by atoms with Crippen LogP contribution in [-0.4, -0.2) is 41.5 Å². The highest BCUT2D eigenvalue weighted by Gasteiger charge is 2.46. The second-order valence-electron chi connectivity index (χ2n) is 6.59. The second kappa shape index (κ2) is 8.00. The van der Waals surface area contributed by atoms with E-state index in [1.165, 1.54) is 25.1 Å². The maximum atomic E-state index is 12.9. The van der Waals surface area contributed by atoms with Gasteiger partial charge in [0.2, 0.25) is 5.91 Å². The third-order valence-electron chi connectivity index (χ3n) is 4.96. The number of hydrogen-bond acceptors (Lipinski definition) is 6. The van der Waals surface area contributed by atoms with Gasteiger partial charge in [0.25, 0.3) is 5.69 Å². The fourth-order valence-corrected chi connectivity index (χ4v) is 3.65. The van der Waals surface area contributed by atoms with Crippen LogP contribution in [0.3, 0.4) is 0 Å². The number of methoxy groups -OCH3 is 1. The van der Waals surface area contributed by atoms with Crippen molar-refractivity contribution in [2.75, 3.05) is 14.2 Å². The number of benzene rings is 2. The molecule has 9 heteroatoms. The molecular formula is C20H17ClN2O6. The summed E-state index contributed by atoms with van der Waals surface area (Å²) in [7, 11) is 2.97. The fraction of sp³-hybridized carbons (Fsp3) is 0.250. The predicted molar refractivity (Wildman–Crippen MR) is 104 cm³/mol. The van der Waals surface area contributed by atoms with E-state index in [0.717, 1.165) is 12.1 Å². The number of Topliss-reactive ketones (excluding diaryl/α,β-unsaturated/α-hetero) is 2. The van der Waals surface area contributed by atoms with E-state index >= 15 is 0 Å². The fourth-order valence-electron chi connectivity index (χ4n) is 3.48. The zero-order chi connectivity index (χ0) is 21.3. The van der Waals surface area contributed by atoms with E-state index in [4.69, 9.17) is 16.3 Å². The summed E-state index contributed by atoms with van der Waals surface area (Å²) >= 11 is 5.78. The van der Waals surface area contributed by atoms with Crippen molar-refractivity contribution in [2.45, 2.75) is 12.5 Å². The van der Waals surface area contributed by atoms with Crippen LogP contribution in [0.2, 0.25) is 5.02 Å². The van der Waals surface area contributed by atoms with Crippen molar-refractivity contribution in [1.29, 1.82) is 0 Å². The number of ether oxygens (including phenoxy) is 1. The van der Waals surface area contributed by atoms with Gasteiger partial charge >= 0.3 is 0 Å². The molecule has 1 aliphatic rings. The first kappa shape index (κ1) is 20.5. The zero-order valence-corrected chi connectivity index (χ0v) is 16.4. The Bertz CT molecular complexity index is 1020. The third-order valence-corrected chi connectivity index (χ3v) is 5.20. The van der Waals surface area contributed by atoms with Gasteiger partial charge in [0.05, 0.1) is 23.6 Å². The average Bonchev–Trinajstić information content (AvgIpc) is 2.70. The van der Waals surface area contributed by atoms with Gasteiger partial charge in [-0.1, -0.05) is 29.8 Å². The molecule has 0 aliphatic carbocycles. The number of hydrogen-bond donors (Lipinski definition) is 0. The summed E-state index contributed by atoms with van der Waals surface area (Å²) in [5, 5.41) is 11.4. The highest BCUT2D eigenvalue weighted by Crippen LogP contribution is 2.37. The molecule has 0 N–H and O–H groups in total. The van der Waals surface area contributed by atoms with Crippen LogP contribution in [0.25, 0.3) is 0 Å². The van der Waals surface area contributed by atoms with Gasteiger partial charge in [-0.3, -0.25) is 24.5 Å². The van der Waals surface area contributed by atoms with Gasteiger partial charge in [-0.2, -0.15) is 0 Å². The van der Waals surface area contributed by atoms with Crippen LogP contribution >= 0.6 is 11.6 Å². The van der Waals surface area contributed by atoms with Crippen LogP contribution in [0, 0.1) is 16.0 Å². The SMILES string of the molecule is COc1ccccc1C1CC(=O)C(C(=O)c2ccc(Cl)cc2[N+](=O)[O-])C(=O)N1C. The van der Waals surface area contributed by atoms with Gasteiger partial charge < -0.3 is 9.64 Å². The maximum Gasteiger partial charge on any atom is 0.281 e. The maximum absolute atomic E-state index is 12.9. The van der Waals surface area contributed by atoms with E-state index in [0.29, 0.717) is 11.3 Å². The Hall–Kier alpha value is -3.26. The standard InChI is InChI=1S/C20H17ClN2O6/c1-22-14(12-5-3-4-6-17(12)29-2)10-16(24)18(20(22)26)19(25)13-8-7-11(21)9-15(13)23(27)28/h3-9,14,18H,10H2,1-2H3. The molecule has 2 atom stereocenters. The van der Waals surface area contributed by atoms with Crippen LogP contribution in [0.5, 0.6) is 5.75 Å². The summed E-state index contributed by atoms with van der Waals surface area (Å²) in [6.07, 6.45) is -0.111. The van der Waals surface area contributed by atoms with Gasteiger partial charge in [0.1, 0.15) is 5.75 Å². The van der Waals surface area contributed by atoms with Gasteiger partial charge in [-0.05, 0) is 18.2 Å². The molecule has 1 fully saturated rings. The van der Waals surface area contributed by atoms with Gasteiger partial charge in [0, 0.05) is 30.1 Å². The lowest BCUT2D eigenvalue weighted by atomic mass is 9.82. The molecule has 150 valence electrons. The summed E-state index contributed by atoms with van der Waals surface area (Å²) in [5.41, 5.74) is -0.226. The molecule has 1 heterocycles. The molecule has 2 unspecified atom stereocenters. The van der Waals surface area contributed by atoms with Crippen LogP contribution in [0.1, 0.15) is 28.4 Å². The average molecular weight is 417 g/mol. The van der Waals surface area contributed by atoms with Gasteiger partial charge in [-0.15, -0.1) is 0 Å². The van der Waals surface area contributed by atoms with Crippen molar-refractivity contribution < 1.29 is 24.0 Å². The summed E-state index contributed by atoms with van der Waals surface area (Å²) < 4.78 is 5.31. The molecule has 2 aromatic carbocycles. The van der Waals surface area contributed by atoms with E-state index in [9.17, 15) is 24.5 Å². The molecule has 0 aromatic heterocycles. The van der Waals surface area contributed by atoms with Crippen LogP contribution in [0.15, 0.2) is 42.5 Å². The molecule has 3 rings (SSSR count). The first-order valence-corrected chi connectivity index (χ1v) is 9.04. The first-order chi connectivity index (χ1) is 13.8. The van der Waals surface area contributed by atoms with Gasteiger partial charge in [-0.25, -0.2) is 0 Å². The van der Waals surface area contributed by atoms with Crippen molar-refractivity contribution in [2.24, 2.45) is 5.92 Å². The number of halogens is 1. The number of rotatable bonds is 5. The van der Waals surface area contributed by atoms with E-state index in [1.54, 1.807) is 24.3 Å². The first-order valence-electron chi connectivity index (χ1n) is 8.66. The highest BCUT2D eigenvalue weighted by molar-refractivity contribution is 6.31. The summed E-state index contributed by atoms with van der Waals surface area (Å²) in [6, 6.07) is 9.87. The number of carbonyl (C=O) groups excluding carboxylic acids is 3. The molecule has 1 saturated heterocycles. The molecule has 0 saturated carbocycles. The number of ketones is 2.